The van der Waals surface area contributed by atoms with Crippen LogP contribution in [-0.2, 0) is 11.2 Å². The second kappa shape index (κ2) is 9.41. The van der Waals surface area contributed by atoms with Crippen molar-refractivity contribution in [1.29, 1.82) is 0 Å². The van der Waals surface area contributed by atoms with Crippen LogP contribution in [-0.4, -0.2) is 38.3 Å². The second-order valence-corrected chi connectivity index (χ2v) is 6.93. The summed E-state index contributed by atoms with van der Waals surface area (Å²) in [6, 6.07) is 13.6. The number of carbonyl (C=O) groups is 1. The third-order valence-corrected chi connectivity index (χ3v) is 4.88. The first-order valence-electron chi connectivity index (χ1n) is 9.27. The number of amides is 1. The van der Waals surface area contributed by atoms with Gasteiger partial charge in [-0.25, -0.2) is 0 Å². The van der Waals surface area contributed by atoms with E-state index in [0.29, 0.717) is 29.6 Å². The summed E-state index contributed by atoms with van der Waals surface area (Å²) >= 11 is 5.39. The minimum Gasteiger partial charge on any atom is -0.493 e. The van der Waals surface area contributed by atoms with Crippen molar-refractivity contribution in [3.8, 4) is 11.5 Å². The molecular formula is C21H25N3O3S. The zero-order chi connectivity index (χ0) is 19.9. The van der Waals surface area contributed by atoms with Crippen LogP contribution in [0.2, 0.25) is 0 Å². The SMILES string of the molecule is COc1ccc(CCNC(=S)Nc2cccc(N3CCCC3=O)c2)cc1OC. The molecule has 2 aromatic rings. The van der Waals surface area contributed by atoms with Crippen molar-refractivity contribution in [2.24, 2.45) is 0 Å². The van der Waals surface area contributed by atoms with E-state index in [-0.39, 0.29) is 5.91 Å². The molecule has 0 aliphatic carbocycles. The number of hydrogen-bond donors (Lipinski definition) is 2. The maximum absolute atomic E-state index is 11.9. The molecule has 1 saturated heterocycles. The van der Waals surface area contributed by atoms with Crippen LogP contribution in [0.5, 0.6) is 11.5 Å². The molecule has 2 N–H and O–H groups in total. The third-order valence-electron chi connectivity index (χ3n) is 4.64. The highest BCUT2D eigenvalue weighted by Crippen LogP contribution is 2.27. The van der Waals surface area contributed by atoms with E-state index in [2.05, 4.69) is 10.6 Å². The van der Waals surface area contributed by atoms with Crippen LogP contribution in [0.3, 0.4) is 0 Å². The Balaban J connectivity index is 1.51. The molecule has 7 heteroatoms. The number of anilines is 2. The molecule has 0 spiro atoms. The van der Waals surface area contributed by atoms with Crippen LogP contribution in [0, 0.1) is 0 Å². The lowest BCUT2D eigenvalue weighted by molar-refractivity contribution is -0.117. The number of nitrogens with one attached hydrogen (secondary N) is 2. The molecule has 1 amide bonds. The average Bonchev–Trinajstić information content (AvgIpc) is 3.14. The second-order valence-electron chi connectivity index (χ2n) is 6.52. The van der Waals surface area contributed by atoms with Crippen molar-refractivity contribution in [2.75, 3.05) is 37.5 Å². The predicted octanol–water partition coefficient (Wildman–Crippen LogP) is 3.36. The van der Waals surface area contributed by atoms with Gasteiger partial charge >= 0.3 is 0 Å². The van der Waals surface area contributed by atoms with Crippen LogP contribution >= 0.6 is 12.2 Å². The molecule has 3 rings (SSSR count). The van der Waals surface area contributed by atoms with Gasteiger partial charge in [0.1, 0.15) is 0 Å². The minimum absolute atomic E-state index is 0.174. The molecule has 0 bridgehead atoms. The van der Waals surface area contributed by atoms with Gasteiger partial charge in [-0.1, -0.05) is 12.1 Å². The van der Waals surface area contributed by atoms with E-state index in [9.17, 15) is 4.79 Å². The summed E-state index contributed by atoms with van der Waals surface area (Å²) in [6.45, 7) is 1.46. The standard InChI is InChI=1S/C21H25N3O3S/c1-26-18-9-8-15(13-19(18)27-2)10-11-22-21(28)23-16-5-3-6-17(14-16)24-12-4-7-20(24)25/h3,5-6,8-9,13-14H,4,7,10-12H2,1-2H3,(H2,22,23,28). The van der Waals surface area contributed by atoms with Gasteiger partial charge in [-0.15, -0.1) is 0 Å². The van der Waals surface area contributed by atoms with Gasteiger partial charge in [0.15, 0.2) is 16.6 Å². The molecular weight excluding hydrogens is 374 g/mol. The van der Waals surface area contributed by atoms with E-state index < -0.39 is 0 Å². The van der Waals surface area contributed by atoms with Crippen molar-refractivity contribution < 1.29 is 14.3 Å². The number of rotatable bonds is 7. The highest BCUT2D eigenvalue weighted by atomic mass is 32.1. The van der Waals surface area contributed by atoms with Gasteiger partial charge in [0.2, 0.25) is 5.91 Å². The largest absolute Gasteiger partial charge is 0.493 e. The fourth-order valence-corrected chi connectivity index (χ4v) is 3.42. The minimum atomic E-state index is 0.174. The smallest absolute Gasteiger partial charge is 0.227 e. The van der Waals surface area contributed by atoms with Crippen LogP contribution in [0.25, 0.3) is 0 Å². The number of methoxy groups -OCH3 is 2. The van der Waals surface area contributed by atoms with Crippen LogP contribution in [0.15, 0.2) is 42.5 Å². The maximum Gasteiger partial charge on any atom is 0.227 e. The lowest BCUT2D eigenvalue weighted by Crippen LogP contribution is -2.30. The Bertz CT molecular complexity index is 857. The van der Waals surface area contributed by atoms with Gasteiger partial charge in [0.05, 0.1) is 14.2 Å². The summed E-state index contributed by atoms with van der Waals surface area (Å²) in [5.74, 6) is 1.61. The Morgan fingerprint density at radius 2 is 1.96 bits per heavy atom. The summed E-state index contributed by atoms with van der Waals surface area (Å²) in [4.78, 5) is 13.7. The Hall–Kier alpha value is -2.80. The van der Waals surface area contributed by atoms with Gasteiger partial charge in [-0.3, -0.25) is 4.79 Å². The molecule has 6 nitrogen and oxygen atoms in total. The monoisotopic (exact) mass is 399 g/mol. The van der Waals surface area contributed by atoms with Crippen LogP contribution in [0.4, 0.5) is 11.4 Å². The van der Waals surface area contributed by atoms with Crippen molar-refractivity contribution in [1.82, 2.24) is 5.32 Å². The Morgan fingerprint density at radius 3 is 2.68 bits per heavy atom. The molecule has 1 aliphatic rings. The van der Waals surface area contributed by atoms with Gasteiger partial charge in [0, 0.05) is 30.9 Å². The zero-order valence-corrected chi connectivity index (χ0v) is 17.0. The topological polar surface area (TPSA) is 62.8 Å². The van der Waals surface area contributed by atoms with E-state index in [0.717, 1.165) is 36.3 Å². The summed E-state index contributed by atoms with van der Waals surface area (Å²) in [7, 11) is 3.25. The molecule has 0 atom stereocenters. The molecule has 1 heterocycles. The van der Waals surface area contributed by atoms with Crippen molar-refractivity contribution in [2.45, 2.75) is 19.3 Å². The van der Waals surface area contributed by atoms with Crippen molar-refractivity contribution in [3.63, 3.8) is 0 Å². The van der Waals surface area contributed by atoms with Gasteiger partial charge in [0.25, 0.3) is 0 Å². The quantitative estimate of drug-likeness (QED) is 0.696. The molecule has 148 valence electrons. The lowest BCUT2D eigenvalue weighted by Gasteiger charge is -2.17. The number of hydrogen-bond acceptors (Lipinski definition) is 4. The van der Waals surface area contributed by atoms with Gasteiger partial charge < -0.3 is 25.0 Å². The zero-order valence-electron chi connectivity index (χ0n) is 16.2. The number of benzene rings is 2. The molecule has 1 aliphatic heterocycles. The Kier molecular flexibility index (Phi) is 6.71. The highest BCUT2D eigenvalue weighted by Gasteiger charge is 2.21. The van der Waals surface area contributed by atoms with Crippen molar-refractivity contribution >= 4 is 34.6 Å². The van der Waals surface area contributed by atoms with Gasteiger partial charge in [-0.2, -0.15) is 0 Å². The normalized spacial score (nSPS) is 13.4. The molecule has 1 fully saturated rings. The van der Waals surface area contributed by atoms with E-state index in [1.54, 1.807) is 14.2 Å². The van der Waals surface area contributed by atoms with Crippen LogP contribution < -0.4 is 25.0 Å². The maximum atomic E-state index is 11.9. The molecule has 0 aromatic heterocycles. The predicted molar refractivity (Wildman–Crippen MR) is 116 cm³/mol. The number of ether oxygens (including phenoxy) is 2. The molecule has 2 aromatic carbocycles. The molecule has 0 saturated carbocycles. The first kappa shape index (κ1) is 19.9. The molecule has 28 heavy (non-hydrogen) atoms. The van der Waals surface area contributed by atoms with E-state index >= 15 is 0 Å². The first-order chi connectivity index (χ1) is 13.6. The van der Waals surface area contributed by atoms with E-state index in [1.807, 2.05) is 47.4 Å². The van der Waals surface area contributed by atoms with Crippen LogP contribution in [0.1, 0.15) is 18.4 Å². The van der Waals surface area contributed by atoms with Crippen molar-refractivity contribution in [3.05, 3.63) is 48.0 Å². The molecule has 0 radical (unpaired) electrons. The highest BCUT2D eigenvalue weighted by molar-refractivity contribution is 7.80. The third kappa shape index (κ3) is 4.92. The summed E-state index contributed by atoms with van der Waals surface area (Å²) < 4.78 is 10.6. The summed E-state index contributed by atoms with van der Waals surface area (Å²) in [5, 5.41) is 6.94. The van der Waals surface area contributed by atoms with E-state index in [4.69, 9.17) is 21.7 Å². The fourth-order valence-electron chi connectivity index (χ4n) is 3.20. The lowest BCUT2D eigenvalue weighted by atomic mass is 10.1. The Morgan fingerprint density at radius 1 is 1.14 bits per heavy atom. The summed E-state index contributed by atoms with van der Waals surface area (Å²) in [5.41, 5.74) is 2.89. The number of carbonyl (C=O) groups excluding carboxylic acids is 1. The Labute approximate surface area is 170 Å². The van der Waals surface area contributed by atoms with E-state index in [1.165, 1.54) is 0 Å². The number of thiocarbonyl (C=S) groups is 1. The first-order valence-corrected chi connectivity index (χ1v) is 9.67. The summed E-state index contributed by atoms with van der Waals surface area (Å²) in [6.07, 6.45) is 2.32. The number of nitrogens with zero attached hydrogens (tertiary/aromatic N) is 1. The molecule has 0 unspecified atom stereocenters. The van der Waals surface area contributed by atoms with Gasteiger partial charge in [-0.05, 0) is 61.0 Å². The fraction of sp³-hybridized carbons (Fsp3) is 0.333. The average molecular weight is 400 g/mol.